The van der Waals surface area contributed by atoms with Gasteiger partial charge in [0.25, 0.3) is 5.91 Å². The van der Waals surface area contributed by atoms with Crippen LogP contribution in [0.15, 0.2) is 46.9 Å². The molecule has 20 heavy (non-hydrogen) atoms. The van der Waals surface area contributed by atoms with Crippen molar-refractivity contribution in [2.24, 2.45) is 0 Å². The molecule has 0 saturated carbocycles. The second-order valence-electron chi connectivity index (χ2n) is 4.27. The summed E-state index contributed by atoms with van der Waals surface area (Å²) < 4.78 is 0.806. The van der Waals surface area contributed by atoms with Crippen molar-refractivity contribution in [2.45, 2.75) is 13.3 Å². The summed E-state index contributed by atoms with van der Waals surface area (Å²) in [5.41, 5.74) is 2.58. The summed E-state index contributed by atoms with van der Waals surface area (Å²) in [6, 6.07) is 14.7. The number of amides is 1. The molecule has 3 nitrogen and oxygen atoms in total. The van der Waals surface area contributed by atoms with Gasteiger partial charge in [-0.2, -0.15) is 5.26 Å². The molecule has 0 atom stereocenters. The lowest BCUT2D eigenvalue weighted by Crippen LogP contribution is -2.14. The Morgan fingerprint density at radius 1 is 1.30 bits per heavy atom. The van der Waals surface area contributed by atoms with Gasteiger partial charge in [-0.25, -0.2) is 0 Å². The van der Waals surface area contributed by atoms with E-state index in [-0.39, 0.29) is 5.91 Å². The van der Waals surface area contributed by atoms with Crippen LogP contribution in [-0.2, 0) is 6.42 Å². The summed E-state index contributed by atoms with van der Waals surface area (Å²) in [5, 5.41) is 11.9. The first kappa shape index (κ1) is 14.3. The van der Waals surface area contributed by atoms with Gasteiger partial charge >= 0.3 is 0 Å². The van der Waals surface area contributed by atoms with E-state index in [2.05, 4.69) is 27.3 Å². The molecule has 0 radical (unpaired) electrons. The molecule has 2 aromatic carbocycles. The Balaban J connectivity index is 2.31. The molecule has 2 rings (SSSR count). The largest absolute Gasteiger partial charge is 0.321 e. The van der Waals surface area contributed by atoms with Crippen LogP contribution in [-0.4, -0.2) is 5.91 Å². The van der Waals surface area contributed by atoms with Gasteiger partial charge in [-0.1, -0.05) is 41.1 Å². The molecule has 0 bridgehead atoms. The van der Waals surface area contributed by atoms with E-state index in [4.69, 9.17) is 5.26 Å². The Bertz CT molecular complexity index is 689. The minimum atomic E-state index is -0.193. The zero-order valence-electron chi connectivity index (χ0n) is 11.0. The summed E-state index contributed by atoms with van der Waals surface area (Å²) in [5.74, 6) is -0.193. The van der Waals surface area contributed by atoms with Crippen LogP contribution >= 0.6 is 15.9 Å². The number of nitriles is 1. The summed E-state index contributed by atoms with van der Waals surface area (Å²) in [4.78, 5) is 12.3. The van der Waals surface area contributed by atoms with Crippen molar-refractivity contribution in [3.63, 3.8) is 0 Å². The van der Waals surface area contributed by atoms with Crippen molar-refractivity contribution < 1.29 is 4.79 Å². The number of carbonyl (C=O) groups excluding carboxylic acids is 1. The summed E-state index contributed by atoms with van der Waals surface area (Å²) in [7, 11) is 0. The van der Waals surface area contributed by atoms with Crippen molar-refractivity contribution in [3.05, 3.63) is 63.6 Å². The molecule has 0 aliphatic carbocycles. The van der Waals surface area contributed by atoms with Crippen LogP contribution in [0.1, 0.15) is 28.4 Å². The molecule has 0 aromatic heterocycles. The van der Waals surface area contributed by atoms with Crippen LogP contribution in [0.3, 0.4) is 0 Å². The second kappa shape index (κ2) is 6.36. The molecule has 1 amide bonds. The Labute approximate surface area is 126 Å². The van der Waals surface area contributed by atoms with Crippen LogP contribution in [0.4, 0.5) is 5.69 Å². The van der Waals surface area contributed by atoms with E-state index < -0.39 is 0 Å². The normalized spacial score (nSPS) is 9.85. The molecular weight excluding hydrogens is 316 g/mol. The van der Waals surface area contributed by atoms with Crippen molar-refractivity contribution in [1.29, 1.82) is 5.26 Å². The molecule has 0 aliphatic rings. The highest BCUT2D eigenvalue weighted by Gasteiger charge is 2.12. The van der Waals surface area contributed by atoms with Crippen molar-refractivity contribution in [3.8, 4) is 6.07 Å². The average Bonchev–Trinajstić information content (AvgIpc) is 2.48. The minimum Gasteiger partial charge on any atom is -0.321 e. The number of aryl methyl sites for hydroxylation is 1. The molecule has 0 aliphatic heterocycles. The SMILES string of the molecule is CCc1ccccc1C(=O)Nc1ccc(Br)cc1C#N. The van der Waals surface area contributed by atoms with Crippen molar-refractivity contribution >= 4 is 27.5 Å². The summed E-state index contributed by atoms with van der Waals surface area (Å²) >= 11 is 3.31. The van der Waals surface area contributed by atoms with E-state index in [0.717, 1.165) is 16.5 Å². The zero-order valence-corrected chi connectivity index (χ0v) is 12.6. The highest BCUT2D eigenvalue weighted by atomic mass is 79.9. The van der Waals surface area contributed by atoms with Gasteiger partial charge in [0, 0.05) is 10.0 Å². The smallest absolute Gasteiger partial charge is 0.255 e. The van der Waals surface area contributed by atoms with Crippen LogP contribution in [0.25, 0.3) is 0 Å². The fourth-order valence-corrected chi connectivity index (χ4v) is 2.32. The van der Waals surface area contributed by atoms with Crippen molar-refractivity contribution in [1.82, 2.24) is 0 Å². The maximum absolute atomic E-state index is 12.3. The van der Waals surface area contributed by atoms with Gasteiger partial charge < -0.3 is 5.32 Å². The lowest BCUT2D eigenvalue weighted by Gasteiger charge is -2.10. The van der Waals surface area contributed by atoms with Gasteiger partial charge in [0.05, 0.1) is 11.3 Å². The fraction of sp³-hybridized carbons (Fsp3) is 0.125. The lowest BCUT2D eigenvalue weighted by molar-refractivity contribution is 0.102. The predicted molar refractivity (Wildman–Crippen MR) is 82.6 cm³/mol. The number of benzene rings is 2. The molecule has 0 spiro atoms. The van der Waals surface area contributed by atoms with E-state index in [9.17, 15) is 4.79 Å². The molecule has 0 fully saturated rings. The van der Waals surface area contributed by atoms with Gasteiger partial charge in [0.1, 0.15) is 6.07 Å². The highest BCUT2D eigenvalue weighted by Crippen LogP contribution is 2.21. The standard InChI is InChI=1S/C16H13BrN2O/c1-2-11-5-3-4-6-14(11)16(20)19-15-8-7-13(17)9-12(15)10-18/h3-9H,2H2,1H3,(H,19,20). The van der Waals surface area contributed by atoms with Gasteiger partial charge in [-0.05, 0) is 36.2 Å². The van der Waals surface area contributed by atoms with E-state index in [1.54, 1.807) is 24.3 Å². The quantitative estimate of drug-likeness (QED) is 0.920. The van der Waals surface area contributed by atoms with Crippen molar-refractivity contribution in [2.75, 3.05) is 5.32 Å². The van der Waals surface area contributed by atoms with Gasteiger partial charge in [-0.3, -0.25) is 4.79 Å². The van der Waals surface area contributed by atoms with Gasteiger partial charge in [0.15, 0.2) is 0 Å². The Hall–Kier alpha value is -2.12. The number of carbonyl (C=O) groups is 1. The molecule has 2 aromatic rings. The predicted octanol–water partition coefficient (Wildman–Crippen LogP) is 4.14. The molecule has 0 unspecified atom stereocenters. The maximum Gasteiger partial charge on any atom is 0.255 e. The van der Waals surface area contributed by atoms with Crippen LogP contribution < -0.4 is 5.32 Å². The molecule has 100 valence electrons. The Morgan fingerprint density at radius 2 is 2.05 bits per heavy atom. The third kappa shape index (κ3) is 3.06. The van der Waals surface area contributed by atoms with E-state index in [0.29, 0.717) is 16.8 Å². The number of nitrogens with zero attached hydrogens (tertiary/aromatic N) is 1. The second-order valence-corrected chi connectivity index (χ2v) is 5.18. The topological polar surface area (TPSA) is 52.9 Å². The molecule has 4 heteroatoms. The third-order valence-electron chi connectivity index (χ3n) is 2.99. The number of hydrogen-bond donors (Lipinski definition) is 1. The Morgan fingerprint density at radius 3 is 2.75 bits per heavy atom. The first-order chi connectivity index (χ1) is 9.65. The number of halogens is 1. The van der Waals surface area contributed by atoms with Gasteiger partial charge in [-0.15, -0.1) is 0 Å². The first-order valence-electron chi connectivity index (χ1n) is 6.24. The summed E-state index contributed by atoms with van der Waals surface area (Å²) in [6.45, 7) is 2.01. The highest BCUT2D eigenvalue weighted by molar-refractivity contribution is 9.10. The van der Waals surface area contributed by atoms with Gasteiger partial charge in [0.2, 0.25) is 0 Å². The van der Waals surface area contributed by atoms with Crippen LogP contribution in [0, 0.1) is 11.3 Å². The monoisotopic (exact) mass is 328 g/mol. The van der Waals surface area contributed by atoms with E-state index in [1.807, 2.05) is 25.1 Å². The molecule has 0 saturated heterocycles. The fourth-order valence-electron chi connectivity index (χ4n) is 1.96. The van der Waals surface area contributed by atoms with E-state index in [1.165, 1.54) is 0 Å². The maximum atomic E-state index is 12.3. The zero-order chi connectivity index (χ0) is 14.5. The number of nitrogens with one attached hydrogen (secondary N) is 1. The minimum absolute atomic E-state index is 0.193. The Kier molecular flexibility index (Phi) is 4.54. The first-order valence-corrected chi connectivity index (χ1v) is 7.04. The third-order valence-corrected chi connectivity index (χ3v) is 3.49. The van der Waals surface area contributed by atoms with Crippen LogP contribution in [0.5, 0.6) is 0 Å². The van der Waals surface area contributed by atoms with Crippen LogP contribution in [0.2, 0.25) is 0 Å². The molecular formula is C16H13BrN2O. The number of rotatable bonds is 3. The van der Waals surface area contributed by atoms with E-state index >= 15 is 0 Å². The lowest BCUT2D eigenvalue weighted by atomic mass is 10.0. The average molecular weight is 329 g/mol. The molecule has 0 heterocycles. The number of anilines is 1. The summed E-state index contributed by atoms with van der Waals surface area (Å²) in [6.07, 6.45) is 0.787. The number of hydrogen-bond acceptors (Lipinski definition) is 2. The molecule has 1 N–H and O–H groups in total.